The maximum atomic E-state index is 12.2. The van der Waals surface area contributed by atoms with E-state index >= 15 is 0 Å². The van der Waals surface area contributed by atoms with Gasteiger partial charge in [0.25, 0.3) is 0 Å². The Hall–Kier alpha value is -0.590. The minimum Gasteiger partial charge on any atom is -0.299 e. The summed E-state index contributed by atoms with van der Waals surface area (Å²) in [6.07, 6.45) is 15.5. The molecule has 0 aliphatic heterocycles. The minimum atomic E-state index is 0.442. The molecular formula is C16H24O. The van der Waals surface area contributed by atoms with E-state index < -0.39 is 0 Å². The lowest BCUT2D eigenvalue weighted by Gasteiger charge is -2.22. The van der Waals surface area contributed by atoms with Gasteiger partial charge in [0.1, 0.15) is 5.78 Å². The van der Waals surface area contributed by atoms with Crippen LogP contribution in [0, 0.1) is 23.7 Å². The van der Waals surface area contributed by atoms with Gasteiger partial charge in [-0.15, -0.1) is 0 Å². The number of hydrogen-bond donors (Lipinski definition) is 0. The van der Waals surface area contributed by atoms with Gasteiger partial charge in [0, 0.05) is 12.3 Å². The molecule has 0 aromatic carbocycles. The maximum absolute atomic E-state index is 12.2. The van der Waals surface area contributed by atoms with E-state index in [1.54, 1.807) is 0 Å². The molecule has 17 heavy (non-hydrogen) atoms. The third-order valence-corrected chi connectivity index (χ3v) is 5.17. The quantitative estimate of drug-likeness (QED) is 0.666. The number of allylic oxidation sites excluding steroid dienone is 2. The zero-order valence-electron chi connectivity index (χ0n) is 10.7. The Labute approximate surface area is 105 Å². The maximum Gasteiger partial charge on any atom is 0.135 e. The first-order chi connectivity index (χ1) is 8.33. The van der Waals surface area contributed by atoms with E-state index in [-0.39, 0.29) is 0 Å². The Morgan fingerprint density at radius 3 is 2.76 bits per heavy atom. The highest BCUT2D eigenvalue weighted by Crippen LogP contribution is 2.51. The number of Topliss-reactive ketones (excluding diaryl/α,β-unsaturated/α-hetero) is 1. The largest absolute Gasteiger partial charge is 0.299 e. The van der Waals surface area contributed by atoms with E-state index in [0.717, 1.165) is 30.6 Å². The van der Waals surface area contributed by atoms with Gasteiger partial charge in [0.2, 0.25) is 0 Å². The first kappa shape index (κ1) is 11.5. The number of ketones is 1. The van der Waals surface area contributed by atoms with Gasteiger partial charge in [0.15, 0.2) is 0 Å². The molecule has 0 N–H and O–H groups in total. The van der Waals surface area contributed by atoms with Crippen LogP contribution in [0.4, 0.5) is 0 Å². The minimum absolute atomic E-state index is 0.442. The van der Waals surface area contributed by atoms with Crippen molar-refractivity contribution in [3.05, 3.63) is 12.2 Å². The van der Waals surface area contributed by atoms with Crippen LogP contribution in [0.25, 0.3) is 0 Å². The van der Waals surface area contributed by atoms with Crippen LogP contribution in [-0.2, 0) is 4.79 Å². The molecule has 2 fully saturated rings. The predicted molar refractivity (Wildman–Crippen MR) is 69.7 cm³/mol. The average Bonchev–Trinajstić information content (AvgIpc) is 3.15. The second-order valence-electron chi connectivity index (χ2n) is 6.42. The molecule has 2 saturated carbocycles. The number of fused-ring (bicyclic) bond motifs is 1. The number of hydrogen-bond acceptors (Lipinski definition) is 1. The van der Waals surface area contributed by atoms with E-state index in [0.29, 0.717) is 11.7 Å². The molecule has 3 aliphatic carbocycles. The summed E-state index contributed by atoms with van der Waals surface area (Å²) >= 11 is 0. The lowest BCUT2D eigenvalue weighted by molar-refractivity contribution is -0.124. The predicted octanol–water partition coefficient (Wildman–Crippen LogP) is 4.13. The summed E-state index contributed by atoms with van der Waals surface area (Å²) < 4.78 is 0. The van der Waals surface area contributed by atoms with Crippen LogP contribution in [0.2, 0.25) is 0 Å². The van der Waals surface area contributed by atoms with Crippen LogP contribution in [-0.4, -0.2) is 5.78 Å². The van der Waals surface area contributed by atoms with Crippen molar-refractivity contribution < 1.29 is 4.79 Å². The summed E-state index contributed by atoms with van der Waals surface area (Å²) in [6, 6.07) is 0. The van der Waals surface area contributed by atoms with Gasteiger partial charge in [-0.2, -0.15) is 0 Å². The number of carbonyl (C=O) groups excluding carboxylic acids is 1. The molecule has 0 aromatic heterocycles. The molecule has 0 bridgehead atoms. The fourth-order valence-electron chi connectivity index (χ4n) is 3.81. The molecule has 1 nitrogen and oxygen atoms in total. The van der Waals surface area contributed by atoms with E-state index in [1.807, 2.05) is 0 Å². The molecule has 0 radical (unpaired) electrons. The van der Waals surface area contributed by atoms with E-state index in [1.165, 1.54) is 44.9 Å². The molecule has 0 saturated heterocycles. The highest BCUT2D eigenvalue weighted by atomic mass is 16.1. The number of rotatable bonds is 4. The summed E-state index contributed by atoms with van der Waals surface area (Å²) in [4.78, 5) is 12.2. The number of carbonyl (C=O) groups is 1. The van der Waals surface area contributed by atoms with Gasteiger partial charge < -0.3 is 0 Å². The molecule has 4 atom stereocenters. The highest BCUT2D eigenvalue weighted by molar-refractivity contribution is 5.81. The monoisotopic (exact) mass is 232 g/mol. The Morgan fingerprint density at radius 2 is 2.00 bits per heavy atom. The van der Waals surface area contributed by atoms with Crippen molar-refractivity contribution in [2.24, 2.45) is 23.7 Å². The van der Waals surface area contributed by atoms with Gasteiger partial charge in [-0.05, 0) is 69.1 Å². The first-order valence-corrected chi connectivity index (χ1v) is 7.50. The van der Waals surface area contributed by atoms with Crippen LogP contribution >= 0.6 is 0 Å². The van der Waals surface area contributed by atoms with Crippen molar-refractivity contribution in [2.75, 3.05) is 0 Å². The molecule has 0 heterocycles. The summed E-state index contributed by atoms with van der Waals surface area (Å²) in [5.74, 6) is 3.78. The van der Waals surface area contributed by atoms with Gasteiger partial charge in [-0.1, -0.05) is 12.2 Å². The van der Waals surface area contributed by atoms with Gasteiger partial charge in [0.05, 0.1) is 0 Å². The van der Waals surface area contributed by atoms with Crippen molar-refractivity contribution in [1.29, 1.82) is 0 Å². The molecule has 3 aliphatic rings. The first-order valence-electron chi connectivity index (χ1n) is 7.50. The Bertz CT molecular complexity index is 317. The second-order valence-corrected chi connectivity index (χ2v) is 6.42. The van der Waals surface area contributed by atoms with Crippen LogP contribution in [0.3, 0.4) is 0 Å². The van der Waals surface area contributed by atoms with Gasteiger partial charge in [-0.3, -0.25) is 4.79 Å². The Morgan fingerprint density at radius 1 is 1.06 bits per heavy atom. The zero-order chi connectivity index (χ0) is 11.7. The van der Waals surface area contributed by atoms with Gasteiger partial charge >= 0.3 is 0 Å². The highest BCUT2D eigenvalue weighted by Gasteiger charge is 2.43. The van der Waals surface area contributed by atoms with E-state index in [9.17, 15) is 4.79 Å². The van der Waals surface area contributed by atoms with Crippen molar-refractivity contribution in [1.82, 2.24) is 0 Å². The average molecular weight is 232 g/mol. The van der Waals surface area contributed by atoms with Crippen LogP contribution in [0.15, 0.2) is 12.2 Å². The standard InChI is InChI=1S/C16H24O/c17-16(9-6-12-4-2-1-3-5-12)14-8-7-13-10-15(13)11-14/h1-2,12-15H,3-11H2. The molecular weight excluding hydrogens is 208 g/mol. The molecule has 94 valence electrons. The molecule has 0 spiro atoms. The van der Waals surface area contributed by atoms with Crippen molar-refractivity contribution in [2.45, 2.75) is 57.8 Å². The lowest BCUT2D eigenvalue weighted by Crippen LogP contribution is -2.19. The lowest BCUT2D eigenvalue weighted by atomic mass is 9.82. The van der Waals surface area contributed by atoms with E-state index in [4.69, 9.17) is 0 Å². The molecule has 3 rings (SSSR count). The third kappa shape index (κ3) is 2.81. The van der Waals surface area contributed by atoms with Crippen molar-refractivity contribution in [3.63, 3.8) is 0 Å². The fraction of sp³-hybridized carbons (Fsp3) is 0.812. The van der Waals surface area contributed by atoms with Crippen LogP contribution in [0.1, 0.15) is 57.8 Å². The van der Waals surface area contributed by atoms with E-state index in [2.05, 4.69) is 12.2 Å². The zero-order valence-corrected chi connectivity index (χ0v) is 10.7. The Balaban J connectivity index is 1.41. The molecule has 4 unspecified atom stereocenters. The summed E-state index contributed by atoms with van der Waals surface area (Å²) in [6.45, 7) is 0. The van der Waals surface area contributed by atoms with Crippen LogP contribution in [0.5, 0.6) is 0 Å². The van der Waals surface area contributed by atoms with Crippen LogP contribution < -0.4 is 0 Å². The Kier molecular flexibility index (Phi) is 3.35. The summed E-state index contributed by atoms with van der Waals surface area (Å²) in [5, 5.41) is 0. The smallest absolute Gasteiger partial charge is 0.135 e. The second kappa shape index (κ2) is 4.96. The summed E-state index contributed by atoms with van der Waals surface area (Å²) in [7, 11) is 0. The summed E-state index contributed by atoms with van der Waals surface area (Å²) in [5.41, 5.74) is 0. The molecule has 1 heteroatoms. The molecule has 0 amide bonds. The SMILES string of the molecule is O=C(CCC1CC=CCC1)C1CCC2CC2C1. The molecule has 0 aromatic rings. The fourth-order valence-corrected chi connectivity index (χ4v) is 3.81. The third-order valence-electron chi connectivity index (χ3n) is 5.17. The van der Waals surface area contributed by atoms with Crippen molar-refractivity contribution >= 4 is 5.78 Å². The van der Waals surface area contributed by atoms with Gasteiger partial charge in [-0.25, -0.2) is 0 Å². The topological polar surface area (TPSA) is 17.1 Å². The normalized spacial score (nSPS) is 39.8. The van der Waals surface area contributed by atoms with Crippen molar-refractivity contribution in [3.8, 4) is 0 Å².